The van der Waals surface area contributed by atoms with Crippen LogP contribution in [0.2, 0.25) is 0 Å². The fourth-order valence-electron chi connectivity index (χ4n) is 2.67. The number of nitrogens with one attached hydrogen (secondary N) is 1. The predicted octanol–water partition coefficient (Wildman–Crippen LogP) is 3.01. The molecule has 2 rings (SSSR count). The molecule has 1 aliphatic rings. The van der Waals surface area contributed by atoms with Crippen molar-refractivity contribution in [3.8, 4) is 0 Å². The molecular formula is C15H27N3S. The lowest BCUT2D eigenvalue weighted by molar-refractivity contribution is 0.138. The standard InChI is InChI=1S/C15H27N3S/c1-15(2,3)14-17-12(11-19-14)10-18-8-6-5-7-13(18)9-16-4/h11,13,16H,5-10H2,1-4H3. The number of piperidine rings is 1. The average Bonchev–Trinajstić information content (AvgIpc) is 2.80. The van der Waals surface area contributed by atoms with Gasteiger partial charge in [-0.15, -0.1) is 11.3 Å². The molecule has 4 heteroatoms. The van der Waals surface area contributed by atoms with E-state index in [9.17, 15) is 0 Å². The highest BCUT2D eigenvalue weighted by atomic mass is 32.1. The molecular weight excluding hydrogens is 254 g/mol. The van der Waals surface area contributed by atoms with E-state index >= 15 is 0 Å². The van der Waals surface area contributed by atoms with Gasteiger partial charge < -0.3 is 5.32 Å². The Morgan fingerprint density at radius 2 is 2.21 bits per heavy atom. The highest BCUT2D eigenvalue weighted by Gasteiger charge is 2.23. The molecule has 2 heterocycles. The first kappa shape index (κ1) is 14.9. The van der Waals surface area contributed by atoms with Crippen LogP contribution in [0, 0.1) is 0 Å². The van der Waals surface area contributed by atoms with E-state index in [4.69, 9.17) is 4.98 Å². The van der Waals surface area contributed by atoms with E-state index in [-0.39, 0.29) is 5.41 Å². The summed E-state index contributed by atoms with van der Waals surface area (Å²) in [6.45, 7) is 10.0. The number of likely N-dealkylation sites (tertiary alicyclic amines) is 1. The molecule has 1 fully saturated rings. The SMILES string of the molecule is CNCC1CCCCN1Cc1csc(C(C)(C)C)n1. The molecule has 0 aromatic carbocycles. The highest BCUT2D eigenvalue weighted by molar-refractivity contribution is 7.09. The monoisotopic (exact) mass is 281 g/mol. The Morgan fingerprint density at radius 1 is 1.42 bits per heavy atom. The van der Waals surface area contributed by atoms with Crippen molar-refractivity contribution < 1.29 is 0 Å². The highest BCUT2D eigenvalue weighted by Crippen LogP contribution is 2.27. The van der Waals surface area contributed by atoms with Crippen LogP contribution < -0.4 is 5.32 Å². The van der Waals surface area contributed by atoms with Gasteiger partial charge in [0.2, 0.25) is 0 Å². The van der Waals surface area contributed by atoms with Crippen LogP contribution in [0.25, 0.3) is 0 Å². The topological polar surface area (TPSA) is 28.2 Å². The Bertz CT molecular complexity index is 392. The summed E-state index contributed by atoms with van der Waals surface area (Å²) in [7, 11) is 2.05. The maximum Gasteiger partial charge on any atom is 0.0982 e. The van der Waals surface area contributed by atoms with Gasteiger partial charge in [-0.3, -0.25) is 4.90 Å². The molecule has 0 aliphatic carbocycles. The second-order valence-electron chi connectivity index (χ2n) is 6.57. The molecule has 1 aliphatic heterocycles. The van der Waals surface area contributed by atoms with Crippen LogP contribution in [0.5, 0.6) is 0 Å². The second kappa shape index (κ2) is 6.33. The molecule has 3 nitrogen and oxygen atoms in total. The van der Waals surface area contributed by atoms with Gasteiger partial charge in [-0.1, -0.05) is 27.2 Å². The van der Waals surface area contributed by atoms with E-state index in [0.29, 0.717) is 6.04 Å². The van der Waals surface area contributed by atoms with Crippen LogP contribution in [0.4, 0.5) is 0 Å². The van der Waals surface area contributed by atoms with E-state index in [1.54, 1.807) is 11.3 Å². The zero-order valence-corrected chi connectivity index (χ0v) is 13.5. The van der Waals surface area contributed by atoms with Gasteiger partial charge in [-0.25, -0.2) is 4.98 Å². The summed E-state index contributed by atoms with van der Waals surface area (Å²) < 4.78 is 0. The van der Waals surface area contributed by atoms with Crippen molar-refractivity contribution in [3.05, 3.63) is 16.1 Å². The summed E-state index contributed by atoms with van der Waals surface area (Å²) in [6.07, 6.45) is 4.01. The summed E-state index contributed by atoms with van der Waals surface area (Å²) in [6, 6.07) is 0.679. The number of nitrogens with zero attached hydrogens (tertiary/aromatic N) is 2. The lowest BCUT2D eigenvalue weighted by Crippen LogP contribution is -2.44. The fraction of sp³-hybridized carbons (Fsp3) is 0.800. The third kappa shape index (κ3) is 4.01. The zero-order chi connectivity index (χ0) is 13.9. The molecule has 0 bridgehead atoms. The van der Waals surface area contributed by atoms with Crippen molar-refractivity contribution in [2.45, 2.75) is 58.0 Å². The van der Waals surface area contributed by atoms with Crippen molar-refractivity contribution in [1.82, 2.24) is 15.2 Å². The van der Waals surface area contributed by atoms with Crippen LogP contribution in [0.15, 0.2) is 5.38 Å². The zero-order valence-electron chi connectivity index (χ0n) is 12.7. The molecule has 1 saturated heterocycles. The second-order valence-corrected chi connectivity index (χ2v) is 7.43. The van der Waals surface area contributed by atoms with E-state index in [1.807, 2.05) is 7.05 Å². The summed E-state index contributed by atoms with van der Waals surface area (Å²) in [5, 5.41) is 6.82. The minimum Gasteiger partial charge on any atom is -0.318 e. The molecule has 1 unspecified atom stereocenters. The van der Waals surface area contributed by atoms with Crippen molar-refractivity contribution in [2.24, 2.45) is 0 Å². The van der Waals surface area contributed by atoms with E-state index in [0.717, 1.165) is 13.1 Å². The summed E-state index contributed by atoms with van der Waals surface area (Å²) in [4.78, 5) is 7.43. The maximum absolute atomic E-state index is 4.83. The number of likely N-dealkylation sites (N-methyl/N-ethyl adjacent to an activating group) is 1. The van der Waals surface area contributed by atoms with Gasteiger partial charge in [-0.05, 0) is 26.4 Å². The maximum atomic E-state index is 4.83. The van der Waals surface area contributed by atoms with Gasteiger partial charge in [0.25, 0.3) is 0 Å². The van der Waals surface area contributed by atoms with Gasteiger partial charge in [0.05, 0.1) is 10.7 Å². The quantitative estimate of drug-likeness (QED) is 0.919. The van der Waals surface area contributed by atoms with Crippen LogP contribution in [0.3, 0.4) is 0 Å². The van der Waals surface area contributed by atoms with Crippen molar-refractivity contribution in [2.75, 3.05) is 20.1 Å². The minimum absolute atomic E-state index is 0.176. The Labute approximate surface area is 121 Å². The first-order valence-corrected chi connectivity index (χ1v) is 8.22. The van der Waals surface area contributed by atoms with Crippen molar-refractivity contribution in [3.63, 3.8) is 0 Å². The first-order chi connectivity index (χ1) is 9.00. The summed E-state index contributed by atoms with van der Waals surface area (Å²) >= 11 is 1.81. The largest absolute Gasteiger partial charge is 0.318 e. The minimum atomic E-state index is 0.176. The number of hydrogen-bond acceptors (Lipinski definition) is 4. The van der Waals surface area contributed by atoms with E-state index in [2.05, 4.69) is 36.4 Å². The van der Waals surface area contributed by atoms with E-state index in [1.165, 1.54) is 36.5 Å². The first-order valence-electron chi connectivity index (χ1n) is 7.34. The fourth-order valence-corrected chi connectivity index (χ4v) is 3.57. The molecule has 0 amide bonds. The number of thiazole rings is 1. The molecule has 19 heavy (non-hydrogen) atoms. The van der Waals surface area contributed by atoms with Crippen molar-refractivity contribution >= 4 is 11.3 Å². The van der Waals surface area contributed by atoms with Crippen LogP contribution >= 0.6 is 11.3 Å². The lowest BCUT2D eigenvalue weighted by Gasteiger charge is -2.35. The average molecular weight is 281 g/mol. The molecule has 1 aromatic rings. The molecule has 1 atom stereocenters. The lowest BCUT2D eigenvalue weighted by atomic mass is 9.98. The van der Waals surface area contributed by atoms with Gasteiger partial charge in [0.15, 0.2) is 0 Å². The third-order valence-electron chi connectivity index (χ3n) is 3.75. The third-order valence-corrected chi connectivity index (χ3v) is 5.06. The molecule has 0 saturated carbocycles. The van der Waals surface area contributed by atoms with E-state index < -0.39 is 0 Å². The Balaban J connectivity index is 2.00. The number of aromatic nitrogens is 1. The molecule has 0 spiro atoms. The van der Waals surface area contributed by atoms with Gasteiger partial charge in [-0.2, -0.15) is 0 Å². The van der Waals surface area contributed by atoms with Crippen LogP contribution in [0.1, 0.15) is 50.7 Å². The van der Waals surface area contributed by atoms with Crippen LogP contribution in [-0.4, -0.2) is 36.1 Å². The van der Waals surface area contributed by atoms with Gasteiger partial charge >= 0.3 is 0 Å². The molecule has 1 aromatic heterocycles. The summed E-state index contributed by atoms with van der Waals surface area (Å²) in [5.74, 6) is 0. The molecule has 1 N–H and O–H groups in total. The Hall–Kier alpha value is -0.450. The molecule has 108 valence electrons. The number of hydrogen-bond donors (Lipinski definition) is 1. The van der Waals surface area contributed by atoms with Crippen molar-refractivity contribution in [1.29, 1.82) is 0 Å². The normalized spacial score (nSPS) is 21.8. The Kier molecular flexibility index (Phi) is 4.98. The van der Waals surface area contributed by atoms with Gasteiger partial charge in [0, 0.05) is 29.9 Å². The van der Waals surface area contributed by atoms with Gasteiger partial charge in [0.1, 0.15) is 0 Å². The number of rotatable bonds is 4. The smallest absolute Gasteiger partial charge is 0.0982 e. The predicted molar refractivity (Wildman–Crippen MR) is 82.8 cm³/mol. The molecule has 0 radical (unpaired) electrons. The Morgan fingerprint density at radius 3 is 2.84 bits per heavy atom. The van der Waals surface area contributed by atoms with Crippen LogP contribution in [-0.2, 0) is 12.0 Å². The summed E-state index contributed by atoms with van der Waals surface area (Å²) in [5.41, 5.74) is 1.42.